The lowest BCUT2D eigenvalue weighted by molar-refractivity contribution is -0.163. The van der Waals surface area contributed by atoms with E-state index in [9.17, 15) is 4.79 Å². The highest BCUT2D eigenvalue weighted by Gasteiger charge is 2.70. The quantitative estimate of drug-likeness (QED) is 0.321. The number of hydrogen-bond donors (Lipinski definition) is 3. The molecule has 5 rings (SSSR count). The molecule has 1 amide bonds. The van der Waals surface area contributed by atoms with Crippen molar-refractivity contribution in [3.8, 4) is 0 Å². The van der Waals surface area contributed by atoms with Gasteiger partial charge in [-0.1, -0.05) is 59.3 Å². The lowest BCUT2D eigenvalue weighted by Crippen LogP contribution is -2.79. The second-order valence-electron chi connectivity index (χ2n) is 14.6. The van der Waals surface area contributed by atoms with Crippen molar-refractivity contribution in [1.29, 1.82) is 0 Å². The van der Waals surface area contributed by atoms with Crippen LogP contribution in [0.1, 0.15) is 130 Å². The third kappa shape index (κ3) is 4.56. The molecule has 6 unspecified atom stereocenters. The summed E-state index contributed by atoms with van der Waals surface area (Å²) in [5.41, 5.74) is 15.2. The normalized spacial score (nSPS) is 46.0. The molecule has 5 heteroatoms. The molecule has 0 aromatic carbocycles. The monoisotopic (exact) mass is 515 g/mol. The summed E-state index contributed by atoms with van der Waals surface area (Å²) in [6.45, 7) is 8.77. The van der Waals surface area contributed by atoms with Crippen molar-refractivity contribution >= 4 is 6.09 Å². The Morgan fingerprint density at radius 2 is 1.62 bits per heavy atom. The van der Waals surface area contributed by atoms with Gasteiger partial charge >= 0.3 is 6.09 Å². The van der Waals surface area contributed by atoms with E-state index < -0.39 is 0 Å². The highest BCUT2D eigenvalue weighted by Crippen LogP contribution is 2.70. The summed E-state index contributed by atoms with van der Waals surface area (Å²) in [4.78, 5) is 12.2. The average Bonchev–Trinajstić information content (AvgIpc) is 3.23. The minimum atomic E-state index is -0.217. The van der Waals surface area contributed by atoms with Crippen molar-refractivity contribution < 1.29 is 9.53 Å². The van der Waals surface area contributed by atoms with Crippen molar-refractivity contribution in [3.05, 3.63) is 0 Å². The van der Waals surface area contributed by atoms with Crippen LogP contribution >= 0.6 is 0 Å². The van der Waals surface area contributed by atoms with E-state index >= 15 is 0 Å². The average molecular weight is 516 g/mol. The maximum absolute atomic E-state index is 12.2. The van der Waals surface area contributed by atoms with Crippen LogP contribution in [0.4, 0.5) is 4.79 Å². The molecule has 5 aliphatic carbocycles. The lowest BCUT2D eigenvalue weighted by atomic mass is 9.37. The summed E-state index contributed by atoms with van der Waals surface area (Å²) in [5.74, 6) is 3.28. The predicted octanol–water partition coefficient (Wildman–Crippen LogP) is 6.92. The van der Waals surface area contributed by atoms with Crippen LogP contribution in [0, 0.1) is 40.4 Å². The van der Waals surface area contributed by atoms with Crippen LogP contribution in [0.25, 0.3) is 0 Å². The van der Waals surface area contributed by atoms with Crippen LogP contribution in [0.15, 0.2) is 0 Å². The number of rotatable bonds is 7. The molecule has 8 atom stereocenters. The van der Waals surface area contributed by atoms with Crippen LogP contribution in [-0.4, -0.2) is 30.3 Å². The van der Waals surface area contributed by atoms with E-state index in [-0.39, 0.29) is 22.6 Å². The molecule has 0 radical (unpaired) electrons. The fourth-order valence-corrected chi connectivity index (χ4v) is 10.9. The number of nitrogens with one attached hydrogen (secondary N) is 1. The molecular formula is C32H57N3O2. The molecule has 0 spiro atoms. The van der Waals surface area contributed by atoms with Crippen LogP contribution in [-0.2, 0) is 4.74 Å². The fourth-order valence-electron chi connectivity index (χ4n) is 10.9. The maximum Gasteiger partial charge on any atom is 0.407 e. The summed E-state index contributed by atoms with van der Waals surface area (Å²) in [7, 11) is 0. The summed E-state index contributed by atoms with van der Waals surface area (Å²) < 4.78 is 5.59. The van der Waals surface area contributed by atoms with Crippen LogP contribution < -0.4 is 16.8 Å². The second kappa shape index (κ2) is 10.6. The molecule has 0 saturated heterocycles. The van der Waals surface area contributed by atoms with E-state index in [1.165, 1.54) is 89.9 Å². The highest BCUT2D eigenvalue weighted by molar-refractivity contribution is 5.67. The van der Waals surface area contributed by atoms with Crippen molar-refractivity contribution in [3.63, 3.8) is 0 Å². The number of carbonyl (C=O) groups is 1. The standard InChI is InChI=1S/C32H57N3O2/c1-4-24-21-27-26-15-14-25(13-10-20-37-28(36)35-22-23-11-6-5-7-12-23)29(26,2)18-19-32(27,34)30(3)16-8-9-17-31(24,30)33/h23-27H,4-22,33-34H2,1-3H3,(H,35,36)/t24-,25?,26?,27?,29?,30?,31?,32+/m0/s1. The predicted molar refractivity (Wildman–Crippen MR) is 151 cm³/mol. The van der Waals surface area contributed by atoms with Gasteiger partial charge in [0, 0.05) is 23.0 Å². The highest BCUT2D eigenvalue weighted by atomic mass is 16.5. The van der Waals surface area contributed by atoms with Crippen molar-refractivity contribution in [2.45, 2.75) is 141 Å². The Bertz CT molecular complexity index is 814. The van der Waals surface area contributed by atoms with Gasteiger partial charge in [-0.15, -0.1) is 0 Å². The zero-order valence-electron chi connectivity index (χ0n) is 24.3. The van der Waals surface area contributed by atoms with Gasteiger partial charge in [0.2, 0.25) is 0 Å². The molecule has 0 aliphatic heterocycles. The third-order valence-electron chi connectivity index (χ3n) is 13.4. The van der Waals surface area contributed by atoms with Gasteiger partial charge in [-0.2, -0.15) is 0 Å². The van der Waals surface area contributed by atoms with Crippen molar-refractivity contribution in [2.75, 3.05) is 13.2 Å². The van der Waals surface area contributed by atoms with E-state index in [1.807, 2.05) is 0 Å². The van der Waals surface area contributed by atoms with Crippen LogP contribution in [0.3, 0.4) is 0 Å². The van der Waals surface area contributed by atoms with E-state index in [0.717, 1.165) is 31.7 Å². The molecule has 0 bridgehead atoms. The second-order valence-corrected chi connectivity index (χ2v) is 14.6. The Kier molecular flexibility index (Phi) is 7.98. The first-order valence-corrected chi connectivity index (χ1v) is 16.2. The number of fused-ring (bicyclic) bond motifs is 5. The Hall–Kier alpha value is -0.810. The van der Waals surface area contributed by atoms with Gasteiger partial charge in [-0.3, -0.25) is 0 Å². The topological polar surface area (TPSA) is 90.4 Å². The number of amides is 1. The van der Waals surface area contributed by atoms with E-state index in [4.69, 9.17) is 16.2 Å². The Balaban J connectivity index is 1.17. The Labute approximate surface area is 227 Å². The molecule has 5 saturated carbocycles. The number of hydrogen-bond acceptors (Lipinski definition) is 4. The summed E-state index contributed by atoms with van der Waals surface area (Å²) in [6, 6.07) is 0. The zero-order chi connectivity index (χ0) is 26.3. The van der Waals surface area contributed by atoms with Gasteiger partial charge in [0.25, 0.3) is 0 Å². The summed E-state index contributed by atoms with van der Waals surface area (Å²) in [5, 5.41) is 3.02. The molecule has 37 heavy (non-hydrogen) atoms. The first-order chi connectivity index (χ1) is 17.7. The Morgan fingerprint density at radius 1 is 0.865 bits per heavy atom. The van der Waals surface area contributed by atoms with Gasteiger partial charge in [-0.25, -0.2) is 4.79 Å². The number of alkyl carbamates (subject to hydrolysis) is 1. The van der Waals surface area contributed by atoms with Gasteiger partial charge in [0.05, 0.1) is 6.61 Å². The van der Waals surface area contributed by atoms with Gasteiger partial charge < -0.3 is 21.5 Å². The number of nitrogens with two attached hydrogens (primary N) is 2. The number of ether oxygens (including phenoxy) is 1. The molecule has 5 nitrogen and oxygen atoms in total. The van der Waals surface area contributed by atoms with Crippen molar-refractivity contribution in [1.82, 2.24) is 5.32 Å². The molecule has 0 aromatic heterocycles. The van der Waals surface area contributed by atoms with Gasteiger partial charge in [0.15, 0.2) is 0 Å². The molecule has 0 aromatic rings. The van der Waals surface area contributed by atoms with Gasteiger partial charge in [0.1, 0.15) is 0 Å². The van der Waals surface area contributed by atoms with E-state index in [0.29, 0.717) is 35.7 Å². The first kappa shape index (κ1) is 27.7. The molecule has 5 fully saturated rings. The molecule has 5 aliphatic rings. The van der Waals surface area contributed by atoms with Crippen molar-refractivity contribution in [2.24, 2.45) is 51.9 Å². The third-order valence-corrected chi connectivity index (χ3v) is 13.4. The molecular weight excluding hydrogens is 458 g/mol. The fraction of sp³-hybridized carbons (Fsp3) is 0.969. The largest absolute Gasteiger partial charge is 0.450 e. The summed E-state index contributed by atoms with van der Waals surface area (Å²) in [6.07, 6.45) is 20.7. The zero-order valence-corrected chi connectivity index (χ0v) is 24.3. The van der Waals surface area contributed by atoms with E-state index in [2.05, 4.69) is 26.1 Å². The molecule has 5 N–H and O–H groups in total. The van der Waals surface area contributed by atoms with Crippen LogP contribution in [0.5, 0.6) is 0 Å². The lowest BCUT2D eigenvalue weighted by Gasteiger charge is -2.71. The van der Waals surface area contributed by atoms with Gasteiger partial charge in [-0.05, 0) is 106 Å². The molecule has 212 valence electrons. The summed E-state index contributed by atoms with van der Waals surface area (Å²) >= 11 is 0. The number of carbonyl (C=O) groups excluding carboxylic acids is 1. The SMILES string of the molecule is CC[C@H]1CC2C3CCC(CCCOC(=O)NCC4CCCCC4)C3(C)CC[C@]2(N)C2(C)CCCCC12N. The van der Waals surface area contributed by atoms with E-state index in [1.54, 1.807) is 0 Å². The van der Waals surface area contributed by atoms with Crippen LogP contribution in [0.2, 0.25) is 0 Å². The smallest absolute Gasteiger partial charge is 0.407 e. The first-order valence-electron chi connectivity index (χ1n) is 16.2. The Morgan fingerprint density at radius 3 is 2.38 bits per heavy atom. The molecule has 0 heterocycles. The maximum atomic E-state index is 12.2. The minimum Gasteiger partial charge on any atom is -0.450 e. The minimum absolute atomic E-state index is 0.0556.